The zero-order valence-corrected chi connectivity index (χ0v) is 18.9. The summed E-state index contributed by atoms with van der Waals surface area (Å²) in [4.78, 5) is 23.8. The molecular formula is C22H27N7O2S. The van der Waals surface area contributed by atoms with E-state index in [-0.39, 0.29) is 6.03 Å². The number of rotatable bonds is 4. The van der Waals surface area contributed by atoms with Crippen molar-refractivity contribution in [3.63, 3.8) is 0 Å². The maximum absolute atomic E-state index is 11.6. The second kappa shape index (κ2) is 9.33. The molecule has 0 unspecified atom stereocenters. The summed E-state index contributed by atoms with van der Waals surface area (Å²) in [6.45, 7) is 2.97. The van der Waals surface area contributed by atoms with Crippen LogP contribution < -0.4 is 15.5 Å². The van der Waals surface area contributed by atoms with Gasteiger partial charge < -0.3 is 20.3 Å². The van der Waals surface area contributed by atoms with E-state index in [1.165, 1.54) is 0 Å². The van der Waals surface area contributed by atoms with Gasteiger partial charge in [-0.05, 0) is 48.6 Å². The van der Waals surface area contributed by atoms with Crippen LogP contribution in [0.1, 0.15) is 18.9 Å². The van der Waals surface area contributed by atoms with Crippen LogP contribution in [0, 0.1) is 0 Å². The third-order valence-corrected chi connectivity index (χ3v) is 6.96. The zero-order chi connectivity index (χ0) is 21.9. The van der Waals surface area contributed by atoms with E-state index in [0.717, 1.165) is 59.9 Å². The number of hydrogen-bond donors (Lipinski definition) is 2. The lowest BCUT2D eigenvalue weighted by molar-refractivity contribution is 0.122. The number of hydrogen-bond acceptors (Lipinski definition) is 7. The van der Waals surface area contributed by atoms with Crippen molar-refractivity contribution in [3.8, 4) is 11.4 Å². The molecule has 32 heavy (non-hydrogen) atoms. The van der Waals surface area contributed by atoms with Crippen LogP contribution in [-0.2, 0) is 4.74 Å². The first-order chi connectivity index (χ1) is 15.7. The summed E-state index contributed by atoms with van der Waals surface area (Å²) >= 11 is 2.00. The SMILES string of the molecule is CNC(=O)Nc1ccc(-c2nc(N3CCOCC3)c3cnn(C4CCSCC4)c3n2)cc1. The lowest BCUT2D eigenvalue weighted by Gasteiger charge is -2.28. The minimum Gasteiger partial charge on any atom is -0.378 e. The van der Waals surface area contributed by atoms with Crippen molar-refractivity contribution >= 4 is 40.3 Å². The monoisotopic (exact) mass is 453 g/mol. The summed E-state index contributed by atoms with van der Waals surface area (Å²) < 4.78 is 7.66. The van der Waals surface area contributed by atoms with Gasteiger partial charge in [-0.15, -0.1) is 0 Å². The number of nitrogens with one attached hydrogen (secondary N) is 2. The second-order valence-corrected chi connectivity index (χ2v) is 9.15. The Morgan fingerprint density at radius 3 is 2.59 bits per heavy atom. The number of carbonyl (C=O) groups is 1. The average molecular weight is 454 g/mol. The predicted octanol–water partition coefficient (Wildman–Crippen LogP) is 3.15. The number of urea groups is 1. The molecule has 0 aliphatic carbocycles. The number of amides is 2. The maximum Gasteiger partial charge on any atom is 0.318 e. The molecule has 2 N–H and O–H groups in total. The zero-order valence-electron chi connectivity index (χ0n) is 18.1. The van der Waals surface area contributed by atoms with Crippen molar-refractivity contribution in [2.24, 2.45) is 0 Å². The Balaban J connectivity index is 1.56. The van der Waals surface area contributed by atoms with Crippen molar-refractivity contribution in [3.05, 3.63) is 30.5 Å². The van der Waals surface area contributed by atoms with Gasteiger partial charge in [0, 0.05) is 31.4 Å². The molecule has 2 amide bonds. The third-order valence-electron chi connectivity index (χ3n) is 5.91. The molecule has 5 rings (SSSR count). The van der Waals surface area contributed by atoms with E-state index < -0.39 is 0 Å². The molecule has 9 nitrogen and oxygen atoms in total. The number of benzene rings is 1. The Bertz CT molecular complexity index is 1090. The van der Waals surface area contributed by atoms with E-state index in [2.05, 4.69) is 20.2 Å². The van der Waals surface area contributed by atoms with Crippen LogP contribution in [0.15, 0.2) is 30.5 Å². The van der Waals surface area contributed by atoms with Crippen molar-refractivity contribution in [2.75, 3.05) is 55.1 Å². The summed E-state index contributed by atoms with van der Waals surface area (Å²) in [6.07, 6.45) is 4.13. The van der Waals surface area contributed by atoms with Gasteiger partial charge in [0.25, 0.3) is 0 Å². The number of anilines is 2. The van der Waals surface area contributed by atoms with E-state index in [1.807, 2.05) is 42.2 Å². The highest BCUT2D eigenvalue weighted by Gasteiger charge is 2.24. The van der Waals surface area contributed by atoms with Crippen LogP contribution >= 0.6 is 11.8 Å². The fraction of sp³-hybridized carbons (Fsp3) is 0.455. The summed E-state index contributed by atoms with van der Waals surface area (Å²) in [5.74, 6) is 3.88. The van der Waals surface area contributed by atoms with Crippen LogP contribution in [0.25, 0.3) is 22.4 Å². The molecule has 0 saturated carbocycles. The molecule has 2 aromatic heterocycles. The molecule has 3 aromatic rings. The Hall–Kier alpha value is -2.85. The van der Waals surface area contributed by atoms with E-state index in [0.29, 0.717) is 30.8 Å². The van der Waals surface area contributed by atoms with Crippen LogP contribution in [0.4, 0.5) is 16.3 Å². The van der Waals surface area contributed by atoms with Gasteiger partial charge in [0.1, 0.15) is 5.82 Å². The van der Waals surface area contributed by atoms with Gasteiger partial charge in [0.15, 0.2) is 11.5 Å². The van der Waals surface area contributed by atoms with Gasteiger partial charge in [-0.3, -0.25) is 0 Å². The molecule has 2 fully saturated rings. The van der Waals surface area contributed by atoms with Crippen molar-refractivity contribution in [2.45, 2.75) is 18.9 Å². The van der Waals surface area contributed by atoms with Gasteiger partial charge >= 0.3 is 6.03 Å². The smallest absolute Gasteiger partial charge is 0.318 e. The van der Waals surface area contributed by atoms with E-state index in [4.69, 9.17) is 19.8 Å². The standard InChI is InChI=1S/C22H27N7O2S/c1-23-22(30)25-16-4-2-15(3-5-16)19-26-20(28-8-10-31-11-9-28)18-14-24-29(21(18)27-19)17-6-12-32-13-7-17/h2-5,14,17H,6-13H2,1H3,(H2,23,25,30). The van der Waals surface area contributed by atoms with Crippen LogP contribution in [0.3, 0.4) is 0 Å². The lowest BCUT2D eigenvalue weighted by atomic mass is 10.1. The molecule has 168 valence electrons. The number of morpholine rings is 1. The summed E-state index contributed by atoms with van der Waals surface area (Å²) in [5, 5.41) is 11.1. The summed E-state index contributed by atoms with van der Waals surface area (Å²) in [6, 6.07) is 7.72. The second-order valence-electron chi connectivity index (χ2n) is 7.92. The Morgan fingerprint density at radius 2 is 1.88 bits per heavy atom. The fourth-order valence-corrected chi connectivity index (χ4v) is 5.23. The Labute approximate surface area is 190 Å². The van der Waals surface area contributed by atoms with Crippen molar-refractivity contribution in [1.82, 2.24) is 25.1 Å². The van der Waals surface area contributed by atoms with Crippen molar-refractivity contribution in [1.29, 1.82) is 0 Å². The van der Waals surface area contributed by atoms with E-state index in [9.17, 15) is 4.79 Å². The highest BCUT2D eigenvalue weighted by atomic mass is 32.2. The third kappa shape index (κ3) is 4.24. The fourth-order valence-electron chi connectivity index (χ4n) is 4.15. The first-order valence-corrected chi connectivity index (χ1v) is 12.1. The quantitative estimate of drug-likeness (QED) is 0.626. The number of fused-ring (bicyclic) bond motifs is 1. The summed E-state index contributed by atoms with van der Waals surface area (Å²) in [5.41, 5.74) is 2.50. The molecule has 0 atom stereocenters. The Morgan fingerprint density at radius 1 is 1.12 bits per heavy atom. The van der Waals surface area contributed by atoms with Crippen LogP contribution in [0.5, 0.6) is 0 Å². The Kier molecular flexibility index (Phi) is 6.13. The van der Waals surface area contributed by atoms with Gasteiger partial charge in [-0.2, -0.15) is 16.9 Å². The molecule has 1 aromatic carbocycles. The van der Waals surface area contributed by atoms with E-state index >= 15 is 0 Å². The van der Waals surface area contributed by atoms with Gasteiger partial charge in [0.2, 0.25) is 0 Å². The predicted molar refractivity (Wildman–Crippen MR) is 127 cm³/mol. The average Bonchev–Trinajstić information content (AvgIpc) is 3.29. The summed E-state index contributed by atoms with van der Waals surface area (Å²) in [7, 11) is 1.59. The molecule has 4 heterocycles. The van der Waals surface area contributed by atoms with E-state index in [1.54, 1.807) is 7.05 Å². The van der Waals surface area contributed by atoms with Gasteiger partial charge in [0.05, 0.1) is 30.8 Å². The number of carbonyl (C=O) groups excluding carboxylic acids is 1. The largest absolute Gasteiger partial charge is 0.378 e. The normalized spacial score (nSPS) is 17.5. The number of nitrogens with zero attached hydrogens (tertiary/aromatic N) is 5. The molecule has 0 radical (unpaired) electrons. The minimum atomic E-state index is -0.250. The lowest BCUT2D eigenvalue weighted by Crippen LogP contribution is -2.37. The molecular weight excluding hydrogens is 426 g/mol. The number of aromatic nitrogens is 4. The first kappa shape index (κ1) is 21.0. The minimum absolute atomic E-state index is 0.250. The molecule has 2 aliphatic heterocycles. The highest BCUT2D eigenvalue weighted by Crippen LogP contribution is 2.33. The maximum atomic E-state index is 11.6. The van der Waals surface area contributed by atoms with Crippen LogP contribution in [0.2, 0.25) is 0 Å². The molecule has 10 heteroatoms. The molecule has 0 spiro atoms. The van der Waals surface area contributed by atoms with Gasteiger partial charge in [-0.25, -0.2) is 19.4 Å². The molecule has 2 aliphatic rings. The topological polar surface area (TPSA) is 97.2 Å². The number of thioether (sulfide) groups is 1. The van der Waals surface area contributed by atoms with Crippen LogP contribution in [-0.4, -0.2) is 70.6 Å². The van der Waals surface area contributed by atoms with Crippen molar-refractivity contribution < 1.29 is 9.53 Å². The van der Waals surface area contributed by atoms with Gasteiger partial charge in [-0.1, -0.05) is 0 Å². The molecule has 2 saturated heterocycles. The first-order valence-electron chi connectivity index (χ1n) is 11.0. The molecule has 0 bridgehead atoms. The highest BCUT2D eigenvalue weighted by molar-refractivity contribution is 7.99. The number of ether oxygens (including phenoxy) is 1.